The third kappa shape index (κ3) is 17.4. The van der Waals surface area contributed by atoms with Crippen molar-refractivity contribution < 1.29 is 76.0 Å². The van der Waals surface area contributed by atoms with Crippen LogP contribution < -0.4 is 0 Å². The number of ether oxygens (including phenoxy) is 12. The van der Waals surface area contributed by atoms with E-state index in [1.165, 1.54) is 0 Å². The van der Waals surface area contributed by atoms with Crippen LogP contribution in [-0.4, -0.2) is 150 Å². The Balaban J connectivity index is 1.31. The Labute approximate surface area is 355 Å². The SMILES string of the molecule is CC(C)(CCCOCC1CO1)OC(=O)C1C(C(=O)OC(C)(C)CCCOCC2CO2)C(C(=O)OC(C)(C)CCCOCC2CO2)C1C(=O)OC(C)(C)CCCOCC1CO1. The Morgan fingerprint density at radius 2 is 0.567 bits per heavy atom. The van der Waals surface area contributed by atoms with E-state index in [0.29, 0.717) is 131 Å². The third-order valence-corrected chi connectivity index (χ3v) is 11.2. The minimum absolute atomic E-state index is 0.135. The molecule has 16 nitrogen and oxygen atoms in total. The van der Waals surface area contributed by atoms with Crippen molar-refractivity contribution in [2.24, 2.45) is 23.7 Å². The predicted octanol–water partition coefficient (Wildman–Crippen LogP) is 4.53. The molecule has 4 saturated heterocycles. The number of hydrogen-bond acceptors (Lipinski definition) is 16. The van der Waals surface area contributed by atoms with E-state index < -0.39 is 70.0 Å². The molecule has 344 valence electrons. The molecule has 0 radical (unpaired) electrons. The summed E-state index contributed by atoms with van der Waals surface area (Å²) in [6, 6.07) is 0. The minimum atomic E-state index is -1.37. The van der Waals surface area contributed by atoms with E-state index in [-0.39, 0.29) is 24.4 Å². The van der Waals surface area contributed by atoms with E-state index in [0.717, 1.165) is 0 Å². The monoisotopic (exact) mass is 856 g/mol. The lowest BCUT2D eigenvalue weighted by molar-refractivity contribution is -0.215. The van der Waals surface area contributed by atoms with Gasteiger partial charge in [0, 0.05) is 26.4 Å². The van der Waals surface area contributed by atoms with Crippen LogP contribution in [-0.2, 0) is 76.0 Å². The lowest BCUT2D eigenvalue weighted by Gasteiger charge is -2.48. The van der Waals surface area contributed by atoms with Crippen molar-refractivity contribution in [3.8, 4) is 0 Å². The van der Waals surface area contributed by atoms with Crippen molar-refractivity contribution in [2.45, 2.75) is 154 Å². The average Bonchev–Trinajstić information content (AvgIpc) is 3.89. The molecular formula is C44H72O16. The molecule has 5 fully saturated rings. The molecule has 4 aliphatic heterocycles. The van der Waals surface area contributed by atoms with Gasteiger partial charge in [-0.25, -0.2) is 0 Å². The van der Waals surface area contributed by atoms with Gasteiger partial charge < -0.3 is 56.8 Å². The van der Waals surface area contributed by atoms with Crippen LogP contribution in [0.2, 0.25) is 0 Å². The molecule has 0 spiro atoms. The fraction of sp³-hybridized carbons (Fsp3) is 0.909. The maximum Gasteiger partial charge on any atom is 0.311 e. The zero-order valence-electron chi connectivity index (χ0n) is 37.3. The molecule has 5 aliphatic rings. The number of esters is 4. The number of carbonyl (C=O) groups is 4. The zero-order valence-corrected chi connectivity index (χ0v) is 37.3. The standard InChI is InChI=1S/C44H72O16/c1-41(2,13-9-17-49-21-29-25-53-29)57-37(45)33-34(38(46)58-42(3,4)14-10-18-50-22-30-26-54-30)36(40(48)60-44(7,8)16-12-20-52-24-32-28-56-32)35(33)39(47)59-43(5,6)15-11-19-51-23-31-27-55-31/h29-36H,9-28H2,1-8H3. The van der Waals surface area contributed by atoms with E-state index in [1.54, 1.807) is 55.4 Å². The highest BCUT2D eigenvalue weighted by Crippen LogP contribution is 2.51. The first-order valence-corrected chi connectivity index (χ1v) is 22.0. The topological polar surface area (TPSA) is 192 Å². The Kier molecular flexibility index (Phi) is 17.6. The highest BCUT2D eigenvalue weighted by molar-refractivity contribution is 5.98. The van der Waals surface area contributed by atoms with Gasteiger partial charge in [-0.2, -0.15) is 0 Å². The van der Waals surface area contributed by atoms with E-state index in [9.17, 15) is 19.2 Å². The predicted molar refractivity (Wildman–Crippen MR) is 214 cm³/mol. The summed E-state index contributed by atoms with van der Waals surface area (Å²) in [6.07, 6.45) is 4.70. The maximum atomic E-state index is 14.4. The highest BCUT2D eigenvalue weighted by Gasteiger charge is 2.67. The molecule has 5 rings (SSSR count). The summed E-state index contributed by atoms with van der Waals surface area (Å²) in [5.74, 6) is -8.67. The van der Waals surface area contributed by atoms with Crippen LogP contribution in [0.5, 0.6) is 0 Å². The Hall–Kier alpha value is -2.44. The summed E-state index contributed by atoms with van der Waals surface area (Å²) >= 11 is 0. The van der Waals surface area contributed by atoms with Crippen molar-refractivity contribution >= 4 is 23.9 Å². The van der Waals surface area contributed by atoms with Gasteiger partial charge in [0.15, 0.2) is 0 Å². The first kappa shape index (κ1) is 48.6. The fourth-order valence-electron chi connectivity index (χ4n) is 7.40. The first-order chi connectivity index (χ1) is 28.3. The second kappa shape index (κ2) is 21.8. The van der Waals surface area contributed by atoms with Gasteiger partial charge in [0.2, 0.25) is 0 Å². The Bertz CT molecular complexity index is 1180. The van der Waals surface area contributed by atoms with E-state index >= 15 is 0 Å². The Morgan fingerprint density at radius 3 is 0.733 bits per heavy atom. The van der Waals surface area contributed by atoms with Crippen LogP contribution in [0, 0.1) is 23.7 Å². The van der Waals surface area contributed by atoms with E-state index in [1.807, 2.05) is 0 Å². The molecule has 1 saturated carbocycles. The molecule has 4 unspecified atom stereocenters. The third-order valence-electron chi connectivity index (χ3n) is 11.2. The van der Waals surface area contributed by atoms with Gasteiger partial charge >= 0.3 is 23.9 Å². The van der Waals surface area contributed by atoms with Crippen molar-refractivity contribution in [2.75, 3.05) is 79.3 Å². The molecular weight excluding hydrogens is 784 g/mol. The minimum Gasteiger partial charge on any atom is -0.459 e. The molecule has 0 amide bonds. The van der Waals surface area contributed by atoms with Gasteiger partial charge in [-0.1, -0.05) is 0 Å². The maximum absolute atomic E-state index is 14.4. The number of rotatable bonds is 32. The second-order valence-corrected chi connectivity index (χ2v) is 19.4. The fourth-order valence-corrected chi connectivity index (χ4v) is 7.40. The number of hydrogen-bond donors (Lipinski definition) is 0. The van der Waals surface area contributed by atoms with Crippen molar-refractivity contribution in [1.29, 1.82) is 0 Å². The quantitative estimate of drug-likeness (QED) is 0.0396. The molecule has 16 heteroatoms. The van der Waals surface area contributed by atoms with Crippen LogP contribution >= 0.6 is 0 Å². The van der Waals surface area contributed by atoms with Gasteiger partial charge in [0.05, 0.1) is 76.5 Å². The lowest BCUT2D eigenvalue weighted by atomic mass is 9.56. The summed E-state index contributed by atoms with van der Waals surface area (Å²) in [4.78, 5) is 57.6. The zero-order chi connectivity index (χ0) is 43.6. The van der Waals surface area contributed by atoms with Gasteiger partial charge in [-0.15, -0.1) is 0 Å². The van der Waals surface area contributed by atoms with E-state index in [2.05, 4.69) is 0 Å². The van der Waals surface area contributed by atoms with E-state index in [4.69, 9.17) is 56.8 Å². The summed E-state index contributed by atoms with van der Waals surface area (Å²) in [7, 11) is 0. The normalized spacial score (nSPS) is 27.1. The molecule has 0 aromatic carbocycles. The molecule has 4 atom stereocenters. The van der Waals surface area contributed by atoms with Gasteiger partial charge in [0.25, 0.3) is 0 Å². The van der Waals surface area contributed by atoms with Gasteiger partial charge in [0.1, 0.15) is 46.8 Å². The molecule has 0 N–H and O–H groups in total. The lowest BCUT2D eigenvalue weighted by Crippen LogP contribution is -2.63. The Morgan fingerprint density at radius 1 is 0.383 bits per heavy atom. The van der Waals surface area contributed by atoms with Gasteiger partial charge in [-0.05, 0) is 107 Å². The summed E-state index contributed by atoms with van der Waals surface area (Å²) in [5, 5.41) is 0. The average molecular weight is 857 g/mol. The summed E-state index contributed by atoms with van der Waals surface area (Å²) in [5.41, 5.74) is -3.96. The van der Waals surface area contributed by atoms with Crippen LogP contribution in [0.1, 0.15) is 107 Å². The molecule has 1 aliphatic carbocycles. The van der Waals surface area contributed by atoms with Crippen LogP contribution in [0.25, 0.3) is 0 Å². The molecule has 60 heavy (non-hydrogen) atoms. The van der Waals surface area contributed by atoms with Crippen molar-refractivity contribution in [1.82, 2.24) is 0 Å². The molecule has 0 bridgehead atoms. The van der Waals surface area contributed by atoms with Crippen LogP contribution in [0.15, 0.2) is 0 Å². The van der Waals surface area contributed by atoms with Gasteiger partial charge in [-0.3, -0.25) is 19.2 Å². The smallest absolute Gasteiger partial charge is 0.311 e. The van der Waals surface area contributed by atoms with Crippen LogP contribution in [0.3, 0.4) is 0 Å². The number of epoxide rings is 4. The molecule has 4 heterocycles. The van der Waals surface area contributed by atoms with Crippen molar-refractivity contribution in [3.05, 3.63) is 0 Å². The van der Waals surface area contributed by atoms with Crippen molar-refractivity contribution in [3.63, 3.8) is 0 Å². The molecule has 0 aromatic heterocycles. The summed E-state index contributed by atoms with van der Waals surface area (Å²) in [6.45, 7) is 20.7. The highest BCUT2D eigenvalue weighted by atomic mass is 16.6. The first-order valence-electron chi connectivity index (χ1n) is 22.0. The molecule has 0 aromatic rings. The summed E-state index contributed by atoms with van der Waals surface area (Å²) < 4.78 is 68.0. The largest absolute Gasteiger partial charge is 0.459 e. The van der Waals surface area contributed by atoms with Crippen LogP contribution in [0.4, 0.5) is 0 Å². The second-order valence-electron chi connectivity index (χ2n) is 19.4. The number of carbonyl (C=O) groups excluding carboxylic acids is 4.